The highest BCUT2D eigenvalue weighted by Gasteiger charge is 2.25. The number of nitrogens with zero attached hydrogens (tertiary/aromatic N) is 2. The first-order valence-electron chi connectivity index (χ1n) is 6.34. The van der Waals surface area contributed by atoms with E-state index in [0.717, 1.165) is 0 Å². The van der Waals surface area contributed by atoms with Crippen molar-refractivity contribution in [3.63, 3.8) is 0 Å². The summed E-state index contributed by atoms with van der Waals surface area (Å²) in [6.07, 6.45) is 0.200. The Labute approximate surface area is 120 Å². The lowest BCUT2D eigenvalue weighted by Crippen LogP contribution is -2.35. The number of nitrogen functional groups attached to an aromatic ring is 1. The quantitative estimate of drug-likeness (QED) is 0.403. The van der Waals surface area contributed by atoms with Gasteiger partial charge in [-0.2, -0.15) is 0 Å². The van der Waals surface area contributed by atoms with Gasteiger partial charge in [-0.05, 0) is 6.07 Å². The van der Waals surface area contributed by atoms with E-state index >= 15 is 0 Å². The normalized spacial score (nSPS) is 15.1. The Bertz CT molecular complexity index is 589. The van der Waals surface area contributed by atoms with Gasteiger partial charge in [-0.1, -0.05) is 6.07 Å². The maximum Gasteiger partial charge on any atom is 0.294 e. The lowest BCUT2D eigenvalue weighted by Gasteiger charge is -2.20. The van der Waals surface area contributed by atoms with Crippen molar-refractivity contribution < 1.29 is 14.5 Å². The zero-order valence-electron chi connectivity index (χ0n) is 11.2. The third kappa shape index (κ3) is 3.08. The first kappa shape index (κ1) is 14.7. The van der Waals surface area contributed by atoms with Gasteiger partial charge in [-0.3, -0.25) is 25.5 Å². The Morgan fingerprint density at radius 1 is 1.43 bits per heavy atom. The summed E-state index contributed by atoms with van der Waals surface area (Å²) in [4.78, 5) is 35.6. The van der Waals surface area contributed by atoms with Gasteiger partial charge in [0, 0.05) is 32.1 Å². The number of anilines is 1. The lowest BCUT2D eigenvalue weighted by molar-refractivity contribution is -0.384. The maximum absolute atomic E-state index is 12.5. The minimum absolute atomic E-state index is 0.0315. The summed E-state index contributed by atoms with van der Waals surface area (Å²) in [5.41, 5.74) is 2.03. The smallest absolute Gasteiger partial charge is 0.294 e. The fraction of sp³-hybridized carbons (Fsp3) is 0.333. The van der Waals surface area contributed by atoms with E-state index in [2.05, 4.69) is 10.7 Å². The van der Waals surface area contributed by atoms with Crippen molar-refractivity contribution in [1.29, 1.82) is 0 Å². The molecule has 2 amide bonds. The average Bonchev–Trinajstić information content (AvgIpc) is 2.70. The van der Waals surface area contributed by atoms with Crippen LogP contribution >= 0.6 is 0 Å². The Morgan fingerprint density at radius 3 is 2.86 bits per heavy atom. The maximum atomic E-state index is 12.5. The molecule has 1 saturated heterocycles. The summed E-state index contributed by atoms with van der Waals surface area (Å²) in [5.74, 6) is 4.79. The molecule has 1 aliphatic heterocycles. The number of hydrogen-bond acceptors (Lipinski definition) is 6. The number of nitro groups is 1. The van der Waals surface area contributed by atoms with E-state index in [-0.39, 0.29) is 35.8 Å². The number of rotatable bonds is 3. The Balaban J connectivity index is 2.32. The topological polar surface area (TPSA) is 131 Å². The van der Waals surface area contributed by atoms with Crippen molar-refractivity contribution in [2.45, 2.75) is 6.42 Å². The fourth-order valence-electron chi connectivity index (χ4n) is 2.16. The van der Waals surface area contributed by atoms with E-state index in [1.54, 1.807) is 0 Å². The van der Waals surface area contributed by atoms with Crippen LogP contribution in [0.15, 0.2) is 18.2 Å². The molecule has 4 N–H and O–H groups in total. The molecule has 0 bridgehead atoms. The molecule has 0 radical (unpaired) electrons. The first-order valence-corrected chi connectivity index (χ1v) is 6.34. The van der Waals surface area contributed by atoms with Gasteiger partial charge >= 0.3 is 0 Å². The number of hydrogen-bond donors (Lipinski definition) is 3. The number of hydrazine groups is 1. The predicted octanol–water partition coefficient (Wildman–Crippen LogP) is -0.157. The second-order valence-electron chi connectivity index (χ2n) is 4.49. The van der Waals surface area contributed by atoms with Crippen LogP contribution in [-0.2, 0) is 4.79 Å². The highest BCUT2D eigenvalue weighted by Crippen LogP contribution is 2.28. The number of para-hydroxylation sites is 1. The molecule has 2 rings (SSSR count). The molecule has 0 unspecified atom stereocenters. The second-order valence-corrected chi connectivity index (χ2v) is 4.49. The highest BCUT2D eigenvalue weighted by molar-refractivity contribution is 6.01. The Kier molecular flexibility index (Phi) is 4.33. The van der Waals surface area contributed by atoms with Gasteiger partial charge in [-0.25, -0.2) is 0 Å². The number of carbonyl (C=O) groups excluding carboxylic acids is 2. The summed E-state index contributed by atoms with van der Waals surface area (Å²) in [6.45, 7) is 0.958. The summed E-state index contributed by atoms with van der Waals surface area (Å²) in [7, 11) is 0. The van der Waals surface area contributed by atoms with Crippen LogP contribution in [0.5, 0.6) is 0 Å². The van der Waals surface area contributed by atoms with Crippen LogP contribution in [0.25, 0.3) is 0 Å². The molecule has 1 aromatic rings. The van der Waals surface area contributed by atoms with E-state index in [4.69, 9.17) is 5.84 Å². The number of carbonyl (C=O) groups is 2. The molecule has 0 aromatic heterocycles. The molecule has 1 fully saturated rings. The van der Waals surface area contributed by atoms with Crippen molar-refractivity contribution in [3.8, 4) is 0 Å². The van der Waals surface area contributed by atoms with Crippen LogP contribution < -0.4 is 16.6 Å². The van der Waals surface area contributed by atoms with Crippen LogP contribution in [-0.4, -0.2) is 41.3 Å². The van der Waals surface area contributed by atoms with Crippen molar-refractivity contribution in [1.82, 2.24) is 10.2 Å². The monoisotopic (exact) mass is 293 g/mol. The summed E-state index contributed by atoms with van der Waals surface area (Å²) in [5, 5.41) is 13.6. The molecule has 1 heterocycles. The molecule has 9 heteroatoms. The van der Waals surface area contributed by atoms with Gasteiger partial charge in [0.25, 0.3) is 11.6 Å². The number of nitro benzene ring substituents is 1. The van der Waals surface area contributed by atoms with E-state index in [1.807, 2.05) is 0 Å². The SMILES string of the molecule is NNc1c(C(=O)N2CCNC(=O)CC2)cccc1[N+](=O)[O-]. The van der Waals surface area contributed by atoms with Gasteiger partial charge in [0.05, 0.1) is 10.5 Å². The third-order valence-corrected chi connectivity index (χ3v) is 3.21. The number of nitrogens with two attached hydrogens (primary N) is 1. The highest BCUT2D eigenvalue weighted by atomic mass is 16.6. The van der Waals surface area contributed by atoms with E-state index < -0.39 is 10.8 Å². The summed E-state index contributed by atoms with van der Waals surface area (Å²) < 4.78 is 0. The predicted molar refractivity (Wildman–Crippen MR) is 74.4 cm³/mol. The molecule has 9 nitrogen and oxygen atoms in total. The Hall–Kier alpha value is -2.68. The minimum atomic E-state index is -0.612. The van der Waals surface area contributed by atoms with Crippen LogP contribution in [0.4, 0.5) is 11.4 Å². The number of amides is 2. The van der Waals surface area contributed by atoms with Crippen LogP contribution in [0.3, 0.4) is 0 Å². The first-order chi connectivity index (χ1) is 10.0. The molecule has 0 aliphatic carbocycles. The Morgan fingerprint density at radius 2 is 2.19 bits per heavy atom. The molecular weight excluding hydrogens is 278 g/mol. The summed E-state index contributed by atoms with van der Waals surface area (Å²) in [6, 6.07) is 4.15. The van der Waals surface area contributed by atoms with E-state index in [9.17, 15) is 19.7 Å². The van der Waals surface area contributed by atoms with Gasteiger partial charge in [0.2, 0.25) is 5.91 Å². The van der Waals surface area contributed by atoms with Gasteiger partial charge < -0.3 is 15.6 Å². The average molecular weight is 293 g/mol. The minimum Gasteiger partial charge on any atom is -0.354 e. The van der Waals surface area contributed by atoms with Gasteiger partial charge in [-0.15, -0.1) is 0 Å². The molecule has 1 aromatic carbocycles. The number of benzene rings is 1. The van der Waals surface area contributed by atoms with Gasteiger partial charge in [0.15, 0.2) is 0 Å². The zero-order valence-corrected chi connectivity index (χ0v) is 11.2. The van der Waals surface area contributed by atoms with Crippen molar-refractivity contribution in [3.05, 3.63) is 33.9 Å². The second kappa shape index (κ2) is 6.18. The molecule has 0 atom stereocenters. The van der Waals surface area contributed by atoms with Crippen molar-refractivity contribution >= 4 is 23.2 Å². The molecule has 0 spiro atoms. The lowest BCUT2D eigenvalue weighted by atomic mass is 10.1. The molecule has 1 aliphatic rings. The molecule has 112 valence electrons. The fourth-order valence-corrected chi connectivity index (χ4v) is 2.16. The van der Waals surface area contributed by atoms with E-state index in [0.29, 0.717) is 13.1 Å². The summed E-state index contributed by atoms with van der Waals surface area (Å²) >= 11 is 0. The van der Waals surface area contributed by atoms with Crippen molar-refractivity contribution in [2.24, 2.45) is 5.84 Å². The standard InChI is InChI=1S/C12H15N5O4/c13-15-11-8(2-1-3-9(11)17(20)21)12(19)16-6-4-10(18)14-5-7-16/h1-3,15H,4-7,13H2,(H,14,18). The third-order valence-electron chi connectivity index (χ3n) is 3.21. The van der Waals surface area contributed by atoms with Gasteiger partial charge in [0.1, 0.15) is 5.69 Å². The van der Waals surface area contributed by atoms with Crippen LogP contribution in [0, 0.1) is 10.1 Å². The molecular formula is C12H15N5O4. The molecule has 21 heavy (non-hydrogen) atoms. The van der Waals surface area contributed by atoms with Crippen molar-refractivity contribution in [2.75, 3.05) is 25.1 Å². The van der Waals surface area contributed by atoms with E-state index in [1.165, 1.54) is 23.1 Å². The molecule has 0 saturated carbocycles. The van der Waals surface area contributed by atoms with Crippen LogP contribution in [0.2, 0.25) is 0 Å². The van der Waals surface area contributed by atoms with Crippen LogP contribution in [0.1, 0.15) is 16.8 Å². The largest absolute Gasteiger partial charge is 0.354 e. The number of nitrogens with one attached hydrogen (secondary N) is 2. The zero-order chi connectivity index (χ0) is 15.4.